The average Bonchev–Trinajstić information content (AvgIpc) is 2.08. The van der Waals surface area contributed by atoms with Gasteiger partial charge in [-0.2, -0.15) is 0 Å². The largest absolute Gasteiger partial charge is 0.425 e. The molecule has 4 N–H and O–H groups in total. The fourth-order valence-electron chi connectivity index (χ4n) is 0.745. The van der Waals surface area contributed by atoms with Gasteiger partial charge >= 0.3 is 5.97 Å². The standard InChI is InChI=1S/C9H12N2O2.ClH/c1-6(10)9(12)13-8-4-2-7(11)3-5-8;/h2-6H,10-11H2,1H3;1H/t6-;/m0./s1. The van der Waals surface area contributed by atoms with Crippen molar-refractivity contribution >= 4 is 24.1 Å². The molecule has 0 saturated heterocycles. The number of nitrogen functional groups attached to an aromatic ring is 1. The minimum atomic E-state index is -0.613. The Bertz CT molecular complexity index is 298. The molecule has 0 aliphatic heterocycles. The zero-order valence-corrected chi connectivity index (χ0v) is 8.58. The summed E-state index contributed by atoms with van der Waals surface area (Å²) in [4.78, 5) is 11.0. The lowest BCUT2D eigenvalue weighted by molar-refractivity contribution is -0.135. The first-order valence-electron chi connectivity index (χ1n) is 3.92. The topological polar surface area (TPSA) is 78.3 Å². The van der Waals surface area contributed by atoms with Crippen molar-refractivity contribution in [1.29, 1.82) is 0 Å². The van der Waals surface area contributed by atoms with Crippen LogP contribution in [0.25, 0.3) is 0 Å². The third kappa shape index (κ3) is 3.64. The monoisotopic (exact) mass is 216 g/mol. The van der Waals surface area contributed by atoms with Crippen LogP contribution >= 0.6 is 12.4 Å². The van der Waals surface area contributed by atoms with Crippen molar-refractivity contribution in [1.82, 2.24) is 0 Å². The van der Waals surface area contributed by atoms with Crippen LogP contribution < -0.4 is 16.2 Å². The van der Waals surface area contributed by atoms with Crippen LogP contribution in [-0.2, 0) is 4.79 Å². The van der Waals surface area contributed by atoms with Gasteiger partial charge in [0.1, 0.15) is 11.8 Å². The number of ether oxygens (including phenoxy) is 1. The van der Waals surface area contributed by atoms with Crippen molar-refractivity contribution in [2.75, 3.05) is 5.73 Å². The van der Waals surface area contributed by atoms with Crippen molar-refractivity contribution in [2.24, 2.45) is 5.73 Å². The summed E-state index contributed by atoms with van der Waals surface area (Å²) >= 11 is 0. The van der Waals surface area contributed by atoms with Gasteiger partial charge in [-0.05, 0) is 31.2 Å². The predicted octanol–water partition coefficient (Wildman–Crippen LogP) is 0.943. The molecule has 1 aromatic carbocycles. The highest BCUT2D eigenvalue weighted by Gasteiger charge is 2.09. The van der Waals surface area contributed by atoms with Gasteiger partial charge in [0.25, 0.3) is 0 Å². The smallest absolute Gasteiger partial charge is 0.328 e. The van der Waals surface area contributed by atoms with Gasteiger partial charge in [-0.3, -0.25) is 0 Å². The van der Waals surface area contributed by atoms with Crippen molar-refractivity contribution in [3.8, 4) is 5.75 Å². The summed E-state index contributed by atoms with van der Waals surface area (Å²) in [5.41, 5.74) is 11.4. The van der Waals surface area contributed by atoms with Crippen LogP contribution in [-0.4, -0.2) is 12.0 Å². The molecular weight excluding hydrogens is 204 g/mol. The summed E-state index contributed by atoms with van der Waals surface area (Å²) in [6.07, 6.45) is 0. The highest BCUT2D eigenvalue weighted by Crippen LogP contribution is 2.13. The second-order valence-corrected chi connectivity index (χ2v) is 2.78. The van der Waals surface area contributed by atoms with Gasteiger partial charge in [0.2, 0.25) is 0 Å². The van der Waals surface area contributed by atoms with E-state index >= 15 is 0 Å². The molecule has 78 valence electrons. The molecule has 0 unspecified atom stereocenters. The number of hydrogen-bond acceptors (Lipinski definition) is 4. The molecule has 0 amide bonds. The Balaban J connectivity index is 0.00000169. The van der Waals surface area contributed by atoms with Crippen molar-refractivity contribution in [3.05, 3.63) is 24.3 Å². The van der Waals surface area contributed by atoms with Crippen LogP contribution in [0.4, 0.5) is 5.69 Å². The molecule has 0 aromatic heterocycles. The van der Waals surface area contributed by atoms with E-state index in [1.165, 1.54) is 0 Å². The maximum atomic E-state index is 11.0. The number of carbonyl (C=O) groups excluding carboxylic acids is 1. The lowest BCUT2D eigenvalue weighted by Crippen LogP contribution is -2.30. The Hall–Kier alpha value is -1.26. The van der Waals surface area contributed by atoms with Crippen LogP contribution in [0.5, 0.6) is 5.75 Å². The van der Waals surface area contributed by atoms with Crippen LogP contribution in [0, 0.1) is 0 Å². The summed E-state index contributed by atoms with van der Waals surface area (Å²) in [6, 6.07) is 5.94. The van der Waals surface area contributed by atoms with E-state index in [0.717, 1.165) is 0 Å². The minimum absolute atomic E-state index is 0. The molecule has 0 heterocycles. The summed E-state index contributed by atoms with van der Waals surface area (Å²) < 4.78 is 4.91. The zero-order valence-electron chi connectivity index (χ0n) is 7.77. The van der Waals surface area contributed by atoms with Crippen molar-refractivity contribution in [2.45, 2.75) is 13.0 Å². The molecule has 1 aromatic rings. The van der Waals surface area contributed by atoms with E-state index in [9.17, 15) is 4.79 Å². The SMILES string of the molecule is C[C@H](N)C(=O)Oc1ccc(N)cc1.Cl. The molecule has 0 radical (unpaired) electrons. The van der Waals surface area contributed by atoms with Gasteiger partial charge in [-0.1, -0.05) is 0 Å². The Morgan fingerprint density at radius 2 is 1.86 bits per heavy atom. The normalized spacial score (nSPS) is 11.3. The lowest BCUT2D eigenvalue weighted by Gasteiger charge is -2.06. The number of carbonyl (C=O) groups is 1. The Morgan fingerprint density at radius 1 is 1.36 bits per heavy atom. The Morgan fingerprint density at radius 3 is 2.29 bits per heavy atom. The molecule has 0 spiro atoms. The summed E-state index contributed by atoms with van der Waals surface area (Å²) in [5, 5.41) is 0. The first-order chi connectivity index (χ1) is 6.09. The fourth-order valence-corrected chi connectivity index (χ4v) is 0.745. The molecule has 0 aliphatic carbocycles. The van der Waals surface area contributed by atoms with Gasteiger partial charge in [-0.25, -0.2) is 4.79 Å². The second-order valence-electron chi connectivity index (χ2n) is 2.78. The second kappa shape index (κ2) is 5.47. The highest BCUT2D eigenvalue weighted by molar-refractivity contribution is 5.85. The average molecular weight is 217 g/mol. The molecule has 1 atom stereocenters. The maximum Gasteiger partial charge on any atom is 0.328 e. The van der Waals surface area contributed by atoms with E-state index in [4.69, 9.17) is 16.2 Å². The highest BCUT2D eigenvalue weighted by atomic mass is 35.5. The van der Waals surface area contributed by atoms with E-state index in [-0.39, 0.29) is 12.4 Å². The summed E-state index contributed by atoms with van der Waals surface area (Å²) in [5.74, 6) is 0.00118. The minimum Gasteiger partial charge on any atom is -0.425 e. The first kappa shape index (κ1) is 12.7. The number of hydrogen-bond donors (Lipinski definition) is 2. The predicted molar refractivity (Wildman–Crippen MR) is 57.4 cm³/mol. The molecule has 14 heavy (non-hydrogen) atoms. The number of esters is 1. The molecule has 1 rings (SSSR count). The van der Waals surface area contributed by atoms with E-state index < -0.39 is 12.0 Å². The summed E-state index contributed by atoms with van der Waals surface area (Å²) in [7, 11) is 0. The maximum absolute atomic E-state index is 11.0. The van der Waals surface area contributed by atoms with Crippen LogP contribution in [0.3, 0.4) is 0 Å². The molecule has 4 nitrogen and oxygen atoms in total. The number of anilines is 1. The van der Waals surface area contributed by atoms with Crippen molar-refractivity contribution < 1.29 is 9.53 Å². The van der Waals surface area contributed by atoms with Crippen LogP contribution in [0.2, 0.25) is 0 Å². The van der Waals surface area contributed by atoms with Gasteiger partial charge < -0.3 is 16.2 Å². The molecule has 0 bridgehead atoms. The van der Waals surface area contributed by atoms with E-state index in [1.54, 1.807) is 31.2 Å². The third-order valence-corrected chi connectivity index (χ3v) is 1.47. The molecule has 0 fully saturated rings. The molecule has 0 aliphatic rings. The van der Waals surface area contributed by atoms with Gasteiger partial charge in [0, 0.05) is 5.69 Å². The lowest BCUT2D eigenvalue weighted by atomic mass is 10.3. The number of halogens is 1. The number of benzene rings is 1. The number of nitrogens with two attached hydrogens (primary N) is 2. The van der Waals surface area contributed by atoms with Crippen molar-refractivity contribution in [3.63, 3.8) is 0 Å². The van der Waals surface area contributed by atoms with E-state index in [0.29, 0.717) is 11.4 Å². The third-order valence-electron chi connectivity index (χ3n) is 1.47. The summed E-state index contributed by atoms with van der Waals surface area (Å²) in [6.45, 7) is 1.57. The Kier molecular flexibility index (Phi) is 4.97. The molecular formula is C9H13ClN2O2. The number of rotatable bonds is 2. The quantitative estimate of drug-likeness (QED) is 0.438. The van der Waals surface area contributed by atoms with Gasteiger partial charge in [-0.15, -0.1) is 12.4 Å². The van der Waals surface area contributed by atoms with E-state index in [1.807, 2.05) is 0 Å². The van der Waals surface area contributed by atoms with Gasteiger partial charge in [0.05, 0.1) is 0 Å². The molecule has 5 heteroatoms. The van der Waals surface area contributed by atoms with Crippen LogP contribution in [0.15, 0.2) is 24.3 Å². The fraction of sp³-hybridized carbons (Fsp3) is 0.222. The zero-order chi connectivity index (χ0) is 9.84. The Labute approximate surface area is 88.6 Å². The van der Waals surface area contributed by atoms with E-state index in [2.05, 4.69) is 0 Å². The molecule has 0 saturated carbocycles. The van der Waals surface area contributed by atoms with Gasteiger partial charge in [0.15, 0.2) is 0 Å². The first-order valence-corrected chi connectivity index (χ1v) is 3.92. The van der Waals surface area contributed by atoms with Crippen LogP contribution in [0.1, 0.15) is 6.92 Å².